The van der Waals surface area contributed by atoms with Crippen molar-refractivity contribution in [1.29, 1.82) is 0 Å². The molecule has 1 atom stereocenters. The van der Waals surface area contributed by atoms with Gasteiger partial charge in [0.15, 0.2) is 11.6 Å². The Morgan fingerprint density at radius 1 is 1.33 bits per heavy atom. The van der Waals surface area contributed by atoms with Gasteiger partial charge in [-0.2, -0.15) is 0 Å². The van der Waals surface area contributed by atoms with Gasteiger partial charge in [0.25, 0.3) is 0 Å². The zero-order valence-electron chi connectivity index (χ0n) is 10.1. The lowest BCUT2D eigenvalue weighted by Crippen LogP contribution is -2.29. The predicted octanol–water partition coefficient (Wildman–Crippen LogP) is 2.57. The Kier molecular flexibility index (Phi) is 2.94. The van der Waals surface area contributed by atoms with Crippen molar-refractivity contribution in [3.8, 4) is 5.75 Å². The van der Waals surface area contributed by atoms with Gasteiger partial charge in [-0.3, -0.25) is 4.79 Å². The summed E-state index contributed by atoms with van der Waals surface area (Å²) in [6, 6.07) is 4.77. The summed E-state index contributed by atoms with van der Waals surface area (Å²) < 4.78 is 19.1. The van der Waals surface area contributed by atoms with Gasteiger partial charge in [-0.05, 0) is 31.7 Å². The van der Waals surface area contributed by atoms with E-state index < -0.39 is 0 Å². The van der Waals surface area contributed by atoms with Gasteiger partial charge in [-0.25, -0.2) is 4.39 Å². The van der Waals surface area contributed by atoms with E-state index in [0.29, 0.717) is 12.4 Å². The van der Waals surface area contributed by atoms with Crippen LogP contribution in [0.4, 0.5) is 4.39 Å². The number of carbonyl (C=O) groups excluding carboxylic acids is 1. The first-order valence-electron chi connectivity index (χ1n) is 6.47. The molecule has 0 saturated heterocycles. The second-order valence-corrected chi connectivity index (χ2v) is 4.98. The summed E-state index contributed by atoms with van der Waals surface area (Å²) in [6.45, 7) is 0.504. The lowest BCUT2D eigenvalue weighted by molar-refractivity contribution is -0.123. The lowest BCUT2D eigenvalue weighted by Gasteiger charge is -2.18. The fraction of sp³-hybridized carbons (Fsp3) is 0.500. The minimum Gasteiger partial charge on any atom is -0.490 e. The number of benzene rings is 1. The third-order valence-corrected chi connectivity index (χ3v) is 3.52. The minimum absolute atomic E-state index is 0.0945. The molecule has 0 aromatic heterocycles. The second-order valence-electron chi connectivity index (χ2n) is 4.98. The summed E-state index contributed by atoms with van der Waals surface area (Å²) in [5.74, 6) is 0.222. The molecule has 4 heteroatoms. The van der Waals surface area contributed by atoms with Crippen molar-refractivity contribution in [2.75, 3.05) is 6.61 Å². The molecule has 96 valence electrons. The van der Waals surface area contributed by atoms with Crippen LogP contribution in [-0.4, -0.2) is 12.5 Å². The fourth-order valence-corrected chi connectivity index (χ4v) is 2.35. The lowest BCUT2D eigenvalue weighted by atomic mass is 10.0. The maximum atomic E-state index is 13.7. The summed E-state index contributed by atoms with van der Waals surface area (Å²) in [4.78, 5) is 11.8. The van der Waals surface area contributed by atoms with Crippen molar-refractivity contribution < 1.29 is 13.9 Å². The number of hydrogen-bond donors (Lipinski definition) is 1. The van der Waals surface area contributed by atoms with E-state index >= 15 is 0 Å². The van der Waals surface area contributed by atoms with Crippen LogP contribution in [0.5, 0.6) is 5.75 Å². The number of amides is 1. The molecule has 1 saturated carbocycles. The van der Waals surface area contributed by atoms with Crippen LogP contribution in [0.1, 0.15) is 37.3 Å². The fourth-order valence-electron chi connectivity index (χ4n) is 2.35. The van der Waals surface area contributed by atoms with Crippen LogP contribution in [0.2, 0.25) is 0 Å². The number of carbonyl (C=O) groups is 1. The van der Waals surface area contributed by atoms with Gasteiger partial charge in [0.05, 0.1) is 12.6 Å². The van der Waals surface area contributed by atoms with E-state index in [9.17, 15) is 9.18 Å². The molecule has 0 radical (unpaired) electrons. The quantitative estimate of drug-likeness (QED) is 0.874. The van der Waals surface area contributed by atoms with Gasteiger partial charge >= 0.3 is 0 Å². The smallest absolute Gasteiger partial charge is 0.223 e. The number of nitrogens with one attached hydrogen (secondary N) is 1. The molecule has 3 rings (SSSR count). The average Bonchev–Trinajstić information content (AvgIpc) is 3.17. The number of halogens is 1. The number of fused-ring (bicyclic) bond motifs is 1. The highest BCUT2D eigenvalue weighted by molar-refractivity contribution is 5.81. The summed E-state index contributed by atoms with van der Waals surface area (Å²) in [7, 11) is 0. The van der Waals surface area contributed by atoms with Crippen molar-refractivity contribution in [2.45, 2.75) is 31.7 Å². The van der Waals surface area contributed by atoms with E-state index in [1.807, 2.05) is 6.07 Å². The number of rotatable bonds is 2. The topological polar surface area (TPSA) is 38.3 Å². The van der Waals surface area contributed by atoms with Gasteiger partial charge in [0, 0.05) is 11.5 Å². The Labute approximate surface area is 105 Å². The maximum absolute atomic E-state index is 13.7. The van der Waals surface area contributed by atoms with Gasteiger partial charge in [0.2, 0.25) is 5.91 Å². The van der Waals surface area contributed by atoms with Gasteiger partial charge in [-0.1, -0.05) is 12.1 Å². The molecule has 1 unspecified atom stereocenters. The molecule has 1 heterocycles. The van der Waals surface area contributed by atoms with E-state index in [1.54, 1.807) is 6.07 Å². The summed E-state index contributed by atoms with van der Waals surface area (Å²) in [5, 5.41) is 3.02. The van der Waals surface area contributed by atoms with E-state index in [0.717, 1.165) is 31.2 Å². The number of hydrogen-bond acceptors (Lipinski definition) is 2. The Morgan fingerprint density at radius 2 is 2.17 bits per heavy atom. The molecule has 3 nitrogen and oxygen atoms in total. The number of para-hydroxylation sites is 1. The molecule has 1 aliphatic carbocycles. The van der Waals surface area contributed by atoms with Crippen LogP contribution in [-0.2, 0) is 4.79 Å². The van der Waals surface area contributed by atoms with Crippen LogP contribution in [0.25, 0.3) is 0 Å². The highest BCUT2D eigenvalue weighted by atomic mass is 19.1. The van der Waals surface area contributed by atoms with Crippen LogP contribution >= 0.6 is 0 Å². The van der Waals surface area contributed by atoms with Crippen molar-refractivity contribution in [2.24, 2.45) is 5.92 Å². The van der Waals surface area contributed by atoms with E-state index in [4.69, 9.17) is 4.74 Å². The Hall–Kier alpha value is -1.58. The largest absolute Gasteiger partial charge is 0.490 e. The van der Waals surface area contributed by atoms with E-state index in [1.165, 1.54) is 6.07 Å². The molecular weight excluding hydrogens is 233 g/mol. The predicted molar refractivity (Wildman–Crippen MR) is 64.7 cm³/mol. The van der Waals surface area contributed by atoms with Crippen LogP contribution in [0.15, 0.2) is 18.2 Å². The molecule has 1 N–H and O–H groups in total. The first-order valence-corrected chi connectivity index (χ1v) is 6.47. The number of ether oxygens (including phenoxy) is 1. The van der Waals surface area contributed by atoms with Crippen LogP contribution < -0.4 is 10.1 Å². The van der Waals surface area contributed by atoms with Crippen LogP contribution in [0, 0.1) is 11.7 Å². The van der Waals surface area contributed by atoms with Crippen LogP contribution in [0.3, 0.4) is 0 Å². The summed E-state index contributed by atoms with van der Waals surface area (Å²) >= 11 is 0. The third kappa shape index (κ3) is 2.19. The SMILES string of the molecule is O=C(NC1CCCOc2c(F)cccc21)C1CC1. The van der Waals surface area contributed by atoms with Gasteiger partial charge in [-0.15, -0.1) is 0 Å². The Morgan fingerprint density at radius 3 is 2.94 bits per heavy atom. The molecule has 1 aliphatic heterocycles. The van der Waals surface area contributed by atoms with E-state index in [-0.39, 0.29) is 23.7 Å². The highest BCUT2D eigenvalue weighted by Crippen LogP contribution is 2.35. The van der Waals surface area contributed by atoms with Crippen molar-refractivity contribution >= 4 is 5.91 Å². The molecule has 2 aliphatic rings. The third-order valence-electron chi connectivity index (χ3n) is 3.52. The molecule has 1 amide bonds. The molecule has 18 heavy (non-hydrogen) atoms. The zero-order valence-corrected chi connectivity index (χ0v) is 10.1. The molecule has 0 bridgehead atoms. The Bertz CT molecular complexity index is 471. The molecule has 0 spiro atoms. The molecule has 1 aromatic rings. The molecule has 1 aromatic carbocycles. The monoisotopic (exact) mass is 249 g/mol. The normalized spacial score (nSPS) is 22.6. The standard InChI is InChI=1S/C14H16FNO2/c15-11-4-1-3-10-12(5-2-8-18-13(10)11)16-14(17)9-6-7-9/h1,3-4,9,12H,2,5-8H2,(H,16,17). The summed E-state index contributed by atoms with van der Waals surface area (Å²) in [5.41, 5.74) is 0.765. The van der Waals surface area contributed by atoms with Crippen molar-refractivity contribution in [3.63, 3.8) is 0 Å². The zero-order chi connectivity index (χ0) is 12.5. The highest BCUT2D eigenvalue weighted by Gasteiger charge is 2.32. The second kappa shape index (κ2) is 4.59. The molecular formula is C14H16FNO2. The first-order chi connectivity index (χ1) is 8.75. The van der Waals surface area contributed by atoms with Crippen molar-refractivity contribution in [1.82, 2.24) is 5.32 Å². The minimum atomic E-state index is -0.347. The molecule has 1 fully saturated rings. The maximum Gasteiger partial charge on any atom is 0.223 e. The van der Waals surface area contributed by atoms with Gasteiger partial charge in [0.1, 0.15) is 0 Å². The first kappa shape index (κ1) is 11.5. The van der Waals surface area contributed by atoms with E-state index in [2.05, 4.69) is 5.32 Å². The van der Waals surface area contributed by atoms with Gasteiger partial charge < -0.3 is 10.1 Å². The Balaban J connectivity index is 1.86. The summed E-state index contributed by atoms with van der Waals surface area (Å²) in [6.07, 6.45) is 3.58. The van der Waals surface area contributed by atoms with Crippen molar-refractivity contribution in [3.05, 3.63) is 29.6 Å². The average molecular weight is 249 g/mol.